The third-order valence-electron chi connectivity index (χ3n) is 3.86. The van der Waals surface area contributed by atoms with Crippen LogP contribution in [0, 0.1) is 5.92 Å². The standard InChI is InChI=1S/C13H22N2O4/c1-13(12(17)14-2)9-15(5-8-19-13)11(16)10-3-6-18-7-4-10/h10H,3-9H2,1-2H3,(H,14,17)/t13-/m0/s1. The Morgan fingerprint density at radius 2 is 1.95 bits per heavy atom. The minimum Gasteiger partial charge on any atom is -0.381 e. The summed E-state index contributed by atoms with van der Waals surface area (Å²) >= 11 is 0. The zero-order chi connectivity index (χ0) is 13.9. The Morgan fingerprint density at radius 3 is 2.58 bits per heavy atom. The van der Waals surface area contributed by atoms with Gasteiger partial charge in [-0.1, -0.05) is 0 Å². The first-order valence-corrected chi connectivity index (χ1v) is 6.79. The topological polar surface area (TPSA) is 67.9 Å². The Balaban J connectivity index is 2.00. The number of morpholine rings is 1. The highest BCUT2D eigenvalue weighted by molar-refractivity contribution is 5.86. The van der Waals surface area contributed by atoms with E-state index in [0.29, 0.717) is 32.9 Å². The summed E-state index contributed by atoms with van der Waals surface area (Å²) in [5.74, 6) is -0.0282. The van der Waals surface area contributed by atoms with E-state index in [9.17, 15) is 9.59 Å². The highest BCUT2D eigenvalue weighted by atomic mass is 16.5. The zero-order valence-electron chi connectivity index (χ0n) is 11.6. The predicted molar refractivity (Wildman–Crippen MR) is 68.5 cm³/mol. The van der Waals surface area contributed by atoms with Crippen LogP contribution in [0.1, 0.15) is 19.8 Å². The molecule has 0 unspecified atom stereocenters. The second kappa shape index (κ2) is 5.88. The van der Waals surface area contributed by atoms with E-state index in [1.165, 1.54) is 0 Å². The van der Waals surface area contributed by atoms with E-state index in [0.717, 1.165) is 12.8 Å². The number of nitrogens with zero attached hydrogens (tertiary/aromatic N) is 1. The molecular weight excluding hydrogens is 248 g/mol. The smallest absolute Gasteiger partial charge is 0.253 e. The van der Waals surface area contributed by atoms with Crippen molar-refractivity contribution in [2.45, 2.75) is 25.4 Å². The number of carbonyl (C=O) groups excluding carboxylic acids is 2. The van der Waals surface area contributed by atoms with E-state index in [2.05, 4.69) is 5.32 Å². The molecule has 108 valence electrons. The van der Waals surface area contributed by atoms with Gasteiger partial charge in [-0.05, 0) is 19.8 Å². The molecule has 2 amide bonds. The number of likely N-dealkylation sites (N-methyl/N-ethyl adjacent to an activating group) is 1. The lowest BCUT2D eigenvalue weighted by Gasteiger charge is -2.40. The van der Waals surface area contributed by atoms with Crippen LogP contribution < -0.4 is 5.32 Å². The van der Waals surface area contributed by atoms with Gasteiger partial charge < -0.3 is 19.7 Å². The fourth-order valence-electron chi connectivity index (χ4n) is 2.66. The van der Waals surface area contributed by atoms with Gasteiger partial charge in [0.2, 0.25) is 5.91 Å². The van der Waals surface area contributed by atoms with Crippen molar-refractivity contribution < 1.29 is 19.1 Å². The number of rotatable bonds is 2. The van der Waals surface area contributed by atoms with Crippen LogP contribution in [0.2, 0.25) is 0 Å². The van der Waals surface area contributed by atoms with Crippen LogP contribution in [0.5, 0.6) is 0 Å². The Labute approximate surface area is 113 Å². The molecule has 0 radical (unpaired) electrons. The van der Waals surface area contributed by atoms with Crippen molar-refractivity contribution >= 4 is 11.8 Å². The minimum atomic E-state index is -0.937. The summed E-state index contributed by atoms with van der Waals surface area (Å²) in [5, 5.41) is 2.59. The van der Waals surface area contributed by atoms with E-state index < -0.39 is 5.60 Å². The number of amides is 2. The van der Waals surface area contributed by atoms with Crippen molar-refractivity contribution in [3.05, 3.63) is 0 Å². The Morgan fingerprint density at radius 1 is 1.26 bits per heavy atom. The van der Waals surface area contributed by atoms with E-state index in [-0.39, 0.29) is 17.7 Å². The average Bonchev–Trinajstić information content (AvgIpc) is 2.46. The first-order chi connectivity index (χ1) is 9.07. The lowest BCUT2D eigenvalue weighted by molar-refractivity contribution is -0.165. The molecule has 0 aromatic rings. The molecule has 0 aromatic heterocycles. The summed E-state index contributed by atoms with van der Waals surface area (Å²) in [7, 11) is 1.58. The molecule has 0 aromatic carbocycles. The van der Waals surface area contributed by atoms with Crippen molar-refractivity contribution in [1.29, 1.82) is 0 Å². The highest BCUT2D eigenvalue weighted by Gasteiger charge is 2.41. The van der Waals surface area contributed by atoms with Gasteiger partial charge in [-0.2, -0.15) is 0 Å². The van der Waals surface area contributed by atoms with Crippen molar-refractivity contribution in [2.75, 3.05) is 40.0 Å². The number of hydrogen-bond acceptors (Lipinski definition) is 4. The zero-order valence-corrected chi connectivity index (χ0v) is 11.6. The Kier molecular flexibility index (Phi) is 4.42. The molecule has 0 spiro atoms. The van der Waals surface area contributed by atoms with Crippen molar-refractivity contribution in [3.8, 4) is 0 Å². The summed E-state index contributed by atoms with van der Waals surface area (Å²) in [6, 6.07) is 0. The summed E-state index contributed by atoms with van der Waals surface area (Å²) < 4.78 is 10.8. The van der Waals surface area contributed by atoms with Crippen molar-refractivity contribution in [1.82, 2.24) is 10.2 Å². The number of carbonyl (C=O) groups is 2. The maximum atomic E-state index is 12.4. The van der Waals surface area contributed by atoms with Gasteiger partial charge in [-0.15, -0.1) is 0 Å². The first-order valence-electron chi connectivity index (χ1n) is 6.79. The van der Waals surface area contributed by atoms with Gasteiger partial charge in [0.05, 0.1) is 13.2 Å². The van der Waals surface area contributed by atoms with Gasteiger partial charge in [0.1, 0.15) is 0 Å². The maximum absolute atomic E-state index is 12.4. The summed E-state index contributed by atoms with van der Waals surface area (Å²) in [5.41, 5.74) is -0.937. The van der Waals surface area contributed by atoms with Gasteiger partial charge in [0.25, 0.3) is 5.91 Å². The molecule has 2 fully saturated rings. The molecule has 2 saturated heterocycles. The van der Waals surface area contributed by atoms with Gasteiger partial charge in [0.15, 0.2) is 5.60 Å². The molecule has 2 heterocycles. The van der Waals surface area contributed by atoms with Crippen LogP contribution in [0.4, 0.5) is 0 Å². The van der Waals surface area contributed by atoms with E-state index in [1.54, 1.807) is 18.9 Å². The van der Waals surface area contributed by atoms with Gasteiger partial charge >= 0.3 is 0 Å². The summed E-state index contributed by atoms with van der Waals surface area (Å²) in [6.45, 7) is 4.31. The fraction of sp³-hybridized carbons (Fsp3) is 0.846. The monoisotopic (exact) mass is 270 g/mol. The Bertz CT molecular complexity index is 355. The molecule has 1 N–H and O–H groups in total. The predicted octanol–water partition coefficient (Wildman–Crippen LogP) is -0.223. The lowest BCUT2D eigenvalue weighted by atomic mass is 9.96. The minimum absolute atomic E-state index is 0.0285. The fourth-order valence-corrected chi connectivity index (χ4v) is 2.66. The summed E-state index contributed by atoms with van der Waals surface area (Å²) in [4.78, 5) is 26.0. The molecule has 2 rings (SSSR count). The third-order valence-corrected chi connectivity index (χ3v) is 3.86. The normalized spacial score (nSPS) is 29.1. The molecule has 0 saturated carbocycles. The lowest BCUT2D eigenvalue weighted by Crippen LogP contribution is -2.59. The van der Waals surface area contributed by atoms with Gasteiger partial charge in [0, 0.05) is 32.7 Å². The van der Waals surface area contributed by atoms with Gasteiger partial charge in [-0.3, -0.25) is 9.59 Å². The molecule has 19 heavy (non-hydrogen) atoms. The number of hydrogen-bond donors (Lipinski definition) is 1. The van der Waals surface area contributed by atoms with E-state index in [1.807, 2.05) is 0 Å². The SMILES string of the molecule is CNC(=O)[C@]1(C)CN(C(=O)C2CCOCC2)CCO1. The quantitative estimate of drug-likeness (QED) is 0.753. The highest BCUT2D eigenvalue weighted by Crippen LogP contribution is 2.23. The number of ether oxygens (including phenoxy) is 2. The molecular formula is C13H22N2O4. The largest absolute Gasteiger partial charge is 0.381 e. The second-order valence-corrected chi connectivity index (χ2v) is 5.30. The number of nitrogens with one attached hydrogen (secondary N) is 1. The van der Waals surface area contributed by atoms with E-state index in [4.69, 9.17) is 9.47 Å². The second-order valence-electron chi connectivity index (χ2n) is 5.30. The van der Waals surface area contributed by atoms with Crippen LogP contribution >= 0.6 is 0 Å². The Hall–Kier alpha value is -1.14. The summed E-state index contributed by atoms with van der Waals surface area (Å²) in [6.07, 6.45) is 1.54. The van der Waals surface area contributed by atoms with Gasteiger partial charge in [-0.25, -0.2) is 0 Å². The molecule has 0 bridgehead atoms. The van der Waals surface area contributed by atoms with Crippen LogP contribution in [0.15, 0.2) is 0 Å². The van der Waals surface area contributed by atoms with Crippen LogP contribution in [-0.4, -0.2) is 62.3 Å². The van der Waals surface area contributed by atoms with Crippen molar-refractivity contribution in [2.24, 2.45) is 5.92 Å². The van der Waals surface area contributed by atoms with Crippen LogP contribution in [0.3, 0.4) is 0 Å². The van der Waals surface area contributed by atoms with E-state index >= 15 is 0 Å². The maximum Gasteiger partial charge on any atom is 0.253 e. The van der Waals surface area contributed by atoms with Crippen LogP contribution in [0.25, 0.3) is 0 Å². The average molecular weight is 270 g/mol. The first kappa shape index (κ1) is 14.3. The third kappa shape index (κ3) is 3.06. The molecule has 2 aliphatic heterocycles. The van der Waals surface area contributed by atoms with Crippen molar-refractivity contribution in [3.63, 3.8) is 0 Å². The molecule has 2 aliphatic rings. The molecule has 6 heteroatoms. The molecule has 0 aliphatic carbocycles. The van der Waals surface area contributed by atoms with Crippen LogP contribution in [-0.2, 0) is 19.1 Å². The molecule has 1 atom stereocenters. The molecule has 6 nitrogen and oxygen atoms in total.